The van der Waals surface area contributed by atoms with E-state index in [2.05, 4.69) is 20.0 Å². The second-order valence-corrected chi connectivity index (χ2v) is 8.34. The smallest absolute Gasteiger partial charge is 0.439 e. The van der Waals surface area contributed by atoms with Gasteiger partial charge in [0.1, 0.15) is 6.54 Å². The maximum Gasteiger partial charge on any atom is 0.439 e. The Hall–Kier alpha value is -4.82. The van der Waals surface area contributed by atoms with Crippen LogP contribution in [0, 0.1) is 0 Å². The van der Waals surface area contributed by atoms with Gasteiger partial charge in [-0.05, 0) is 42.5 Å². The number of carbonyl (C=O) groups excluding carboxylic acids is 3. The molecule has 0 radical (unpaired) electrons. The van der Waals surface area contributed by atoms with Crippen LogP contribution in [0.5, 0.6) is 0 Å². The third-order valence-electron chi connectivity index (χ3n) is 5.67. The predicted molar refractivity (Wildman–Crippen MR) is 130 cm³/mol. The Morgan fingerprint density at radius 2 is 1.95 bits per heavy atom. The fourth-order valence-electron chi connectivity index (χ4n) is 3.81. The predicted octanol–water partition coefficient (Wildman–Crippen LogP) is -0.0821. The third kappa shape index (κ3) is 5.77. The first-order chi connectivity index (χ1) is 18.1. The maximum atomic E-state index is 13.1. The van der Waals surface area contributed by atoms with Crippen molar-refractivity contribution in [2.75, 3.05) is 37.0 Å². The van der Waals surface area contributed by atoms with Crippen molar-refractivity contribution in [3.05, 3.63) is 64.6 Å². The highest BCUT2D eigenvalue weighted by atomic mass is 16.5. The van der Waals surface area contributed by atoms with E-state index in [0.717, 1.165) is 4.90 Å². The van der Waals surface area contributed by atoms with Crippen LogP contribution in [0.4, 0.5) is 11.4 Å². The molecule has 1 aromatic heterocycles. The van der Waals surface area contributed by atoms with E-state index in [4.69, 9.17) is 9.84 Å². The fraction of sp³-hybridized carbons (Fsp3) is 0.250. The van der Waals surface area contributed by atoms with Gasteiger partial charge in [-0.3, -0.25) is 28.7 Å². The lowest BCUT2D eigenvalue weighted by Crippen LogP contribution is -2.55. The Balaban J connectivity index is 1.43. The topological polar surface area (TPSA) is 195 Å². The number of likely N-dealkylation sites (N-methyl/N-ethyl adjacent to an activating group) is 1. The molecule has 1 saturated heterocycles. The number of carboxylic acids is 1. The number of nitrogens with one attached hydrogen (secondary N) is 2. The van der Waals surface area contributed by atoms with Gasteiger partial charge in [0.15, 0.2) is 18.0 Å². The number of hydrogen-bond acceptors (Lipinski definition) is 9. The van der Waals surface area contributed by atoms with Crippen LogP contribution in [0.25, 0.3) is 11.4 Å². The minimum atomic E-state index is -1.84. The number of aromatic nitrogens is 2. The average molecular weight is 525 g/mol. The van der Waals surface area contributed by atoms with Gasteiger partial charge < -0.3 is 30.1 Å². The number of H-pyrrole nitrogens is 1. The van der Waals surface area contributed by atoms with E-state index in [1.54, 1.807) is 18.2 Å². The Bertz CT molecular complexity index is 1410. The number of ether oxygens (including phenoxy) is 1. The van der Waals surface area contributed by atoms with Gasteiger partial charge in [-0.15, -0.1) is 0 Å². The Morgan fingerprint density at radius 1 is 1.21 bits per heavy atom. The van der Waals surface area contributed by atoms with Gasteiger partial charge in [0.25, 0.3) is 17.7 Å². The van der Waals surface area contributed by atoms with Gasteiger partial charge >= 0.3 is 11.7 Å². The molecule has 2 atom stereocenters. The molecule has 2 heterocycles. The molecule has 1 fully saturated rings. The highest BCUT2D eigenvalue weighted by molar-refractivity contribution is 6.04. The molecule has 14 heteroatoms. The molecule has 1 aliphatic heterocycles. The number of aliphatic carboxylic acids is 1. The molecular weight excluding hydrogens is 502 g/mol. The molecule has 3 aromatic rings. The SMILES string of the molecule is CN(CC(=O)O)C(=O)c1cccc(N2CCO[C@H]([C@@H](O)C(=O)Nc3ccc(-c4noc(=O)[nH]4)cc3)C2=O)c1. The summed E-state index contributed by atoms with van der Waals surface area (Å²) >= 11 is 0. The number of carbonyl (C=O) groups is 4. The van der Waals surface area contributed by atoms with Crippen molar-refractivity contribution in [3.8, 4) is 11.4 Å². The zero-order valence-electron chi connectivity index (χ0n) is 20.0. The van der Waals surface area contributed by atoms with E-state index in [0.29, 0.717) is 16.9 Å². The number of morpholine rings is 1. The number of nitrogens with zero attached hydrogens (tertiary/aromatic N) is 3. The molecule has 14 nitrogen and oxygen atoms in total. The van der Waals surface area contributed by atoms with Crippen LogP contribution < -0.4 is 16.0 Å². The summed E-state index contributed by atoms with van der Waals surface area (Å²) in [5, 5.41) is 25.6. The number of carboxylic acid groups (broad SMARTS) is 1. The van der Waals surface area contributed by atoms with Crippen LogP contribution in [-0.4, -0.2) is 87.9 Å². The maximum absolute atomic E-state index is 13.1. The van der Waals surface area contributed by atoms with Gasteiger partial charge in [-0.25, -0.2) is 4.79 Å². The summed E-state index contributed by atoms with van der Waals surface area (Å²) in [6.45, 7) is -0.369. The van der Waals surface area contributed by atoms with Crippen molar-refractivity contribution in [1.29, 1.82) is 0 Å². The second kappa shape index (κ2) is 11.1. The normalized spacial score (nSPS) is 16.1. The Morgan fingerprint density at radius 3 is 2.61 bits per heavy atom. The van der Waals surface area contributed by atoms with E-state index in [9.17, 15) is 29.1 Å². The summed E-state index contributed by atoms with van der Waals surface area (Å²) in [6.07, 6.45) is -3.35. The molecule has 38 heavy (non-hydrogen) atoms. The van der Waals surface area contributed by atoms with E-state index in [1.807, 2.05) is 0 Å². The highest BCUT2D eigenvalue weighted by Gasteiger charge is 2.39. The van der Waals surface area contributed by atoms with Gasteiger partial charge in [0.2, 0.25) is 0 Å². The van der Waals surface area contributed by atoms with E-state index in [-0.39, 0.29) is 24.5 Å². The molecule has 0 aliphatic carbocycles. The summed E-state index contributed by atoms with van der Waals surface area (Å²) in [5.74, 6) is -3.80. The largest absolute Gasteiger partial charge is 0.480 e. The van der Waals surface area contributed by atoms with Crippen molar-refractivity contribution < 1.29 is 38.7 Å². The number of aliphatic hydroxyl groups excluding tert-OH is 1. The number of rotatable bonds is 8. The van der Waals surface area contributed by atoms with Gasteiger partial charge in [-0.1, -0.05) is 11.2 Å². The van der Waals surface area contributed by atoms with Crippen LogP contribution >= 0.6 is 0 Å². The lowest BCUT2D eigenvalue weighted by Gasteiger charge is -2.34. The summed E-state index contributed by atoms with van der Waals surface area (Å²) in [4.78, 5) is 65.1. The van der Waals surface area contributed by atoms with E-state index >= 15 is 0 Å². The summed E-state index contributed by atoms with van der Waals surface area (Å²) < 4.78 is 9.86. The van der Waals surface area contributed by atoms with Crippen LogP contribution in [-0.2, 0) is 19.1 Å². The van der Waals surface area contributed by atoms with Crippen LogP contribution in [0.15, 0.2) is 57.8 Å². The average Bonchev–Trinajstić information content (AvgIpc) is 3.34. The lowest BCUT2D eigenvalue weighted by molar-refractivity contribution is -0.150. The fourth-order valence-corrected chi connectivity index (χ4v) is 3.81. The van der Waals surface area contributed by atoms with Crippen LogP contribution in [0.3, 0.4) is 0 Å². The standard InChI is InChI=1S/C24H23N5O9/c1-28(12-17(30)31)22(34)14-3-2-4-16(11-14)29-9-10-37-19(23(29)35)18(32)21(33)25-15-7-5-13(6-8-15)20-26-24(36)38-27-20/h2-8,11,18-19,32H,9-10,12H2,1H3,(H,25,33)(H,30,31)(H,26,27,36)/t18-,19-/m1/s1. The number of aromatic amines is 1. The minimum Gasteiger partial charge on any atom is -0.480 e. The number of amides is 3. The number of hydrogen-bond donors (Lipinski definition) is 4. The quantitative estimate of drug-likeness (QED) is 0.309. The molecule has 198 valence electrons. The second-order valence-electron chi connectivity index (χ2n) is 8.34. The zero-order valence-corrected chi connectivity index (χ0v) is 20.0. The van der Waals surface area contributed by atoms with E-state index in [1.165, 1.54) is 42.3 Å². The van der Waals surface area contributed by atoms with Crippen LogP contribution in [0.2, 0.25) is 0 Å². The summed E-state index contributed by atoms with van der Waals surface area (Å²) in [5.41, 5.74) is 1.32. The van der Waals surface area contributed by atoms with Gasteiger partial charge in [-0.2, -0.15) is 0 Å². The Kier molecular flexibility index (Phi) is 7.64. The van der Waals surface area contributed by atoms with Gasteiger partial charge in [0.05, 0.1) is 6.61 Å². The van der Waals surface area contributed by atoms with Crippen molar-refractivity contribution in [2.24, 2.45) is 0 Å². The molecule has 0 bridgehead atoms. The molecule has 4 N–H and O–H groups in total. The molecule has 0 unspecified atom stereocenters. The molecule has 0 spiro atoms. The highest BCUT2D eigenvalue weighted by Crippen LogP contribution is 2.23. The molecule has 1 aliphatic rings. The third-order valence-corrected chi connectivity index (χ3v) is 5.67. The first-order valence-corrected chi connectivity index (χ1v) is 11.3. The molecular formula is C24H23N5O9. The molecule has 0 saturated carbocycles. The summed E-state index contributed by atoms with van der Waals surface area (Å²) in [6, 6.07) is 12.2. The van der Waals surface area contributed by atoms with Crippen molar-refractivity contribution in [3.63, 3.8) is 0 Å². The lowest BCUT2D eigenvalue weighted by atomic mass is 10.1. The zero-order chi connectivity index (χ0) is 27.4. The number of benzene rings is 2. The van der Waals surface area contributed by atoms with Gasteiger partial charge in [0, 0.05) is 36.1 Å². The van der Waals surface area contributed by atoms with Crippen LogP contribution in [0.1, 0.15) is 10.4 Å². The van der Waals surface area contributed by atoms with E-state index < -0.39 is 48.2 Å². The number of aliphatic hydroxyl groups is 1. The number of anilines is 2. The molecule has 4 rings (SSSR count). The molecule has 3 amide bonds. The van der Waals surface area contributed by atoms with Crippen molar-refractivity contribution in [2.45, 2.75) is 12.2 Å². The monoisotopic (exact) mass is 525 g/mol. The first-order valence-electron chi connectivity index (χ1n) is 11.3. The Labute approximate surface area is 214 Å². The first kappa shape index (κ1) is 26.2. The molecule has 2 aromatic carbocycles. The minimum absolute atomic E-state index is 0.0163. The summed E-state index contributed by atoms with van der Waals surface area (Å²) in [7, 11) is 1.34. The van der Waals surface area contributed by atoms with Crippen molar-refractivity contribution >= 4 is 35.1 Å². The van der Waals surface area contributed by atoms with Crippen molar-refractivity contribution in [1.82, 2.24) is 15.0 Å².